The largest absolute Gasteiger partial charge is 0.481 e. The van der Waals surface area contributed by atoms with Crippen LogP contribution in [0.15, 0.2) is 18.2 Å². The average molecular weight is 180 g/mol. The quantitative estimate of drug-likeness (QED) is 0.717. The minimum absolute atomic E-state index is 0.277. The molecule has 2 rings (SSSR count). The average Bonchev–Trinajstić information content (AvgIpc) is 2.48. The van der Waals surface area contributed by atoms with Crippen LogP contribution in [-0.2, 0) is 11.2 Å². The lowest BCUT2D eigenvalue weighted by atomic mass is 10.0. The van der Waals surface area contributed by atoms with Crippen LogP contribution in [-0.4, -0.2) is 11.1 Å². The highest BCUT2D eigenvalue weighted by Gasteiger charge is 2.29. The van der Waals surface area contributed by atoms with Crippen LogP contribution in [0.1, 0.15) is 23.5 Å². The van der Waals surface area contributed by atoms with E-state index in [1.807, 2.05) is 0 Å². The lowest BCUT2D eigenvalue weighted by molar-refractivity contribution is -0.138. The van der Waals surface area contributed by atoms with Crippen molar-refractivity contribution in [2.45, 2.75) is 18.8 Å². The molecule has 68 valence electrons. The number of hydrogen-bond acceptors (Lipinski definition) is 1. The molecule has 3 heteroatoms. The number of carboxylic acids is 1. The Morgan fingerprint density at radius 2 is 2.31 bits per heavy atom. The maximum Gasteiger partial charge on any atom is 0.310 e. The summed E-state index contributed by atoms with van der Waals surface area (Å²) in [4.78, 5) is 10.8. The number of rotatable bonds is 1. The molecule has 0 spiro atoms. The molecule has 0 saturated heterocycles. The van der Waals surface area contributed by atoms with Crippen LogP contribution in [0.3, 0.4) is 0 Å². The number of fused-ring (bicyclic) bond motifs is 1. The van der Waals surface area contributed by atoms with Crippen molar-refractivity contribution in [2.24, 2.45) is 0 Å². The van der Waals surface area contributed by atoms with Crippen LogP contribution in [0.2, 0.25) is 0 Å². The van der Waals surface area contributed by atoms with E-state index in [9.17, 15) is 9.18 Å². The van der Waals surface area contributed by atoms with Crippen molar-refractivity contribution in [1.82, 2.24) is 0 Å². The highest BCUT2D eigenvalue weighted by Crippen LogP contribution is 2.34. The van der Waals surface area contributed by atoms with Crippen LogP contribution in [0, 0.1) is 5.82 Å². The fourth-order valence-corrected chi connectivity index (χ4v) is 1.87. The summed E-state index contributed by atoms with van der Waals surface area (Å²) in [5, 5.41) is 8.83. The molecule has 0 unspecified atom stereocenters. The molecule has 0 aliphatic heterocycles. The van der Waals surface area contributed by atoms with Crippen molar-refractivity contribution in [2.75, 3.05) is 0 Å². The number of hydrogen-bond donors (Lipinski definition) is 1. The first-order valence-corrected chi connectivity index (χ1v) is 4.20. The predicted molar refractivity (Wildman–Crippen MR) is 45.1 cm³/mol. The molecule has 0 radical (unpaired) electrons. The predicted octanol–water partition coefficient (Wildman–Crippen LogP) is 1.94. The molecule has 1 aliphatic rings. The van der Waals surface area contributed by atoms with Gasteiger partial charge in [0.25, 0.3) is 0 Å². The summed E-state index contributed by atoms with van der Waals surface area (Å²) in [7, 11) is 0. The first-order valence-electron chi connectivity index (χ1n) is 4.20. The molecule has 1 aromatic carbocycles. The maximum atomic E-state index is 13.1. The zero-order chi connectivity index (χ0) is 9.42. The van der Waals surface area contributed by atoms with Crippen molar-refractivity contribution in [1.29, 1.82) is 0 Å². The Hall–Kier alpha value is -1.38. The van der Waals surface area contributed by atoms with Crippen molar-refractivity contribution >= 4 is 5.97 Å². The van der Waals surface area contributed by atoms with Crippen LogP contribution >= 0.6 is 0 Å². The Bertz CT molecular complexity index is 360. The third-order valence-electron chi connectivity index (χ3n) is 2.51. The van der Waals surface area contributed by atoms with Gasteiger partial charge in [-0.2, -0.15) is 0 Å². The summed E-state index contributed by atoms with van der Waals surface area (Å²) in [6.07, 6.45) is 1.06. The summed E-state index contributed by atoms with van der Waals surface area (Å²) in [5.74, 6) is -1.64. The molecule has 0 aromatic heterocycles. The second kappa shape index (κ2) is 2.83. The molecule has 0 heterocycles. The third kappa shape index (κ3) is 1.20. The molecule has 0 amide bonds. The summed E-state index contributed by atoms with van der Waals surface area (Å²) in [6.45, 7) is 0. The lowest BCUT2D eigenvalue weighted by Crippen LogP contribution is -2.07. The minimum Gasteiger partial charge on any atom is -0.481 e. The van der Waals surface area contributed by atoms with Crippen molar-refractivity contribution in [3.63, 3.8) is 0 Å². The highest BCUT2D eigenvalue weighted by molar-refractivity contribution is 5.77. The molecule has 13 heavy (non-hydrogen) atoms. The molecule has 2 nitrogen and oxygen atoms in total. The van der Waals surface area contributed by atoms with E-state index in [1.54, 1.807) is 12.1 Å². The summed E-state index contributed by atoms with van der Waals surface area (Å²) in [6, 6.07) is 4.64. The van der Waals surface area contributed by atoms with Crippen LogP contribution in [0.5, 0.6) is 0 Å². The standard InChI is InChI=1S/C10H9FO2/c11-9-3-1-2-6-7(9)4-5-8(6)10(12)13/h1-3,8H,4-5H2,(H,12,13)/t8-/m0/s1. The second-order valence-corrected chi connectivity index (χ2v) is 3.24. The van der Waals surface area contributed by atoms with Gasteiger partial charge in [-0.1, -0.05) is 12.1 Å². The molecule has 1 aliphatic carbocycles. The van der Waals surface area contributed by atoms with Gasteiger partial charge in [0, 0.05) is 0 Å². The van der Waals surface area contributed by atoms with Gasteiger partial charge < -0.3 is 5.11 Å². The van der Waals surface area contributed by atoms with Crippen molar-refractivity contribution in [3.05, 3.63) is 35.1 Å². The summed E-state index contributed by atoms with van der Waals surface area (Å²) >= 11 is 0. The Kier molecular flexibility index (Phi) is 1.79. The monoisotopic (exact) mass is 180 g/mol. The van der Waals surface area contributed by atoms with Gasteiger partial charge in [-0.15, -0.1) is 0 Å². The second-order valence-electron chi connectivity index (χ2n) is 3.24. The van der Waals surface area contributed by atoms with Gasteiger partial charge in [0.05, 0.1) is 5.92 Å². The molecule has 1 aromatic rings. The minimum atomic E-state index is -0.857. The number of carboxylic acid groups (broad SMARTS) is 1. The Morgan fingerprint density at radius 1 is 1.54 bits per heavy atom. The zero-order valence-electron chi connectivity index (χ0n) is 6.96. The number of benzene rings is 1. The summed E-state index contributed by atoms with van der Waals surface area (Å²) < 4.78 is 13.1. The van der Waals surface area contributed by atoms with Gasteiger partial charge in [-0.25, -0.2) is 4.39 Å². The van der Waals surface area contributed by atoms with Crippen LogP contribution in [0.25, 0.3) is 0 Å². The normalized spacial score (nSPS) is 19.9. The van der Waals surface area contributed by atoms with Crippen LogP contribution < -0.4 is 0 Å². The van der Waals surface area contributed by atoms with E-state index in [0.29, 0.717) is 24.0 Å². The molecule has 1 atom stereocenters. The smallest absolute Gasteiger partial charge is 0.310 e. The Labute approximate surface area is 75.0 Å². The molecule has 0 bridgehead atoms. The van der Waals surface area contributed by atoms with E-state index >= 15 is 0 Å². The van der Waals surface area contributed by atoms with Gasteiger partial charge in [0.15, 0.2) is 0 Å². The molecular weight excluding hydrogens is 171 g/mol. The summed E-state index contributed by atoms with van der Waals surface area (Å²) in [5.41, 5.74) is 1.22. The van der Waals surface area contributed by atoms with Gasteiger partial charge >= 0.3 is 5.97 Å². The zero-order valence-corrected chi connectivity index (χ0v) is 6.96. The van der Waals surface area contributed by atoms with E-state index in [4.69, 9.17) is 5.11 Å². The Balaban J connectivity index is 2.49. The van der Waals surface area contributed by atoms with E-state index in [0.717, 1.165) is 0 Å². The van der Waals surface area contributed by atoms with E-state index in [-0.39, 0.29) is 5.82 Å². The Morgan fingerprint density at radius 3 is 3.00 bits per heavy atom. The number of aliphatic carboxylic acids is 1. The van der Waals surface area contributed by atoms with E-state index in [2.05, 4.69) is 0 Å². The van der Waals surface area contributed by atoms with E-state index < -0.39 is 11.9 Å². The van der Waals surface area contributed by atoms with Gasteiger partial charge in [-0.3, -0.25) is 4.79 Å². The fourth-order valence-electron chi connectivity index (χ4n) is 1.87. The highest BCUT2D eigenvalue weighted by atomic mass is 19.1. The molecule has 0 fully saturated rings. The first kappa shape index (κ1) is 8.23. The maximum absolute atomic E-state index is 13.1. The van der Waals surface area contributed by atoms with Crippen molar-refractivity contribution in [3.8, 4) is 0 Å². The van der Waals surface area contributed by atoms with Gasteiger partial charge in [0.1, 0.15) is 5.82 Å². The topological polar surface area (TPSA) is 37.3 Å². The fraction of sp³-hybridized carbons (Fsp3) is 0.300. The molecule has 0 saturated carbocycles. The van der Waals surface area contributed by atoms with E-state index in [1.165, 1.54) is 6.07 Å². The van der Waals surface area contributed by atoms with Gasteiger partial charge in [0.2, 0.25) is 0 Å². The first-order chi connectivity index (χ1) is 6.20. The molecule has 1 N–H and O–H groups in total. The number of carbonyl (C=O) groups is 1. The molecular formula is C10H9FO2. The van der Waals surface area contributed by atoms with Crippen molar-refractivity contribution < 1.29 is 14.3 Å². The number of halogens is 1. The van der Waals surface area contributed by atoms with Gasteiger partial charge in [-0.05, 0) is 30.0 Å². The van der Waals surface area contributed by atoms with Crippen LogP contribution in [0.4, 0.5) is 4.39 Å². The lowest BCUT2D eigenvalue weighted by Gasteiger charge is -2.04. The third-order valence-corrected chi connectivity index (χ3v) is 2.51. The SMILES string of the molecule is O=C(O)[C@H]1CCc2c(F)cccc21.